The van der Waals surface area contributed by atoms with E-state index in [-0.39, 0.29) is 117 Å². The lowest BCUT2D eigenvalue weighted by molar-refractivity contribution is -0.152. The van der Waals surface area contributed by atoms with Gasteiger partial charge in [-0.15, -0.1) is 0 Å². The quantitative estimate of drug-likeness (QED) is 0.0158. The summed E-state index contributed by atoms with van der Waals surface area (Å²) < 4.78 is 34.1. The zero-order valence-electron chi connectivity index (χ0n) is 66.4. The van der Waals surface area contributed by atoms with Gasteiger partial charge >= 0.3 is 35.8 Å². The van der Waals surface area contributed by atoms with E-state index in [2.05, 4.69) is 39.0 Å². The Morgan fingerprint density at radius 3 is 1.14 bits per heavy atom. The van der Waals surface area contributed by atoms with Crippen LogP contribution < -0.4 is 19.9 Å². The summed E-state index contributed by atoms with van der Waals surface area (Å²) in [5.41, 5.74) is 12.4. The number of benzene rings is 3. The fourth-order valence-corrected chi connectivity index (χ4v) is 18.7. The van der Waals surface area contributed by atoms with Gasteiger partial charge in [0.2, 0.25) is 11.8 Å². The zero-order valence-corrected chi connectivity index (χ0v) is 66.4. The molecule has 3 saturated carbocycles. The number of ether oxygens (including phenoxy) is 6. The molecule has 0 bridgehead atoms. The van der Waals surface area contributed by atoms with E-state index >= 15 is 0 Å². The number of nitrogens with two attached hydrogens (primary N) is 1. The molecule has 7 aliphatic rings. The highest BCUT2D eigenvalue weighted by atomic mass is 16.6. The van der Waals surface area contributed by atoms with E-state index in [0.717, 1.165) is 216 Å². The summed E-state index contributed by atoms with van der Waals surface area (Å²) >= 11 is 0. The molecule has 612 valence electrons. The van der Waals surface area contributed by atoms with Gasteiger partial charge < -0.3 is 74.6 Å². The molecule has 16 atom stereocenters. The van der Waals surface area contributed by atoms with E-state index in [0.29, 0.717) is 59.2 Å². The molecule has 0 radical (unpaired) electrons. The van der Waals surface area contributed by atoms with Gasteiger partial charge in [0.05, 0.1) is 31.2 Å². The number of rotatable bonds is 40. The summed E-state index contributed by atoms with van der Waals surface area (Å²) in [5.74, 6) is 0.353. The molecule has 23 heteroatoms. The maximum Gasteiger partial charge on any atom is 0.341 e. The summed E-state index contributed by atoms with van der Waals surface area (Å²) in [6.45, 7) is 8.60. The third-order valence-corrected chi connectivity index (χ3v) is 24.5. The van der Waals surface area contributed by atoms with Crippen molar-refractivity contribution in [2.75, 3.05) is 47.0 Å². The number of esters is 3. The number of carbonyl (C=O) groups is 8. The Morgan fingerprint density at radius 2 is 0.809 bits per heavy atom. The van der Waals surface area contributed by atoms with Crippen molar-refractivity contribution < 1.29 is 97.4 Å². The molecular formula is C87H129N3O20. The summed E-state index contributed by atoms with van der Waals surface area (Å²) in [5, 5.41) is 59.9. The van der Waals surface area contributed by atoms with Gasteiger partial charge in [0.25, 0.3) is 0 Å². The second-order valence-electron chi connectivity index (χ2n) is 32.6. The maximum absolute atomic E-state index is 12.7. The van der Waals surface area contributed by atoms with Crippen molar-refractivity contribution in [3.8, 4) is 17.2 Å². The second-order valence-corrected chi connectivity index (χ2v) is 32.6. The van der Waals surface area contributed by atoms with Crippen molar-refractivity contribution in [1.82, 2.24) is 9.80 Å². The van der Waals surface area contributed by atoms with Crippen molar-refractivity contribution in [2.24, 2.45) is 59.0 Å². The van der Waals surface area contributed by atoms with Crippen LogP contribution in [0.25, 0.3) is 0 Å². The lowest BCUT2D eigenvalue weighted by Gasteiger charge is -2.33. The van der Waals surface area contributed by atoms with Crippen LogP contribution in [0.4, 0.5) is 0 Å². The molecule has 1 heterocycles. The predicted molar refractivity (Wildman–Crippen MR) is 415 cm³/mol. The van der Waals surface area contributed by atoms with E-state index in [4.69, 9.17) is 49.5 Å². The predicted octanol–water partition coefficient (Wildman–Crippen LogP) is 12.4. The molecule has 10 rings (SSSR count). The fourth-order valence-electron chi connectivity index (χ4n) is 18.7. The molecule has 3 aromatic rings. The largest absolute Gasteiger partial charge is 0.482 e. The summed E-state index contributed by atoms with van der Waals surface area (Å²) in [6, 6.07) is 16.8. The van der Waals surface area contributed by atoms with Crippen LogP contribution in [0, 0.1) is 53.3 Å². The lowest BCUT2D eigenvalue weighted by atomic mass is 9.73. The molecule has 23 nitrogen and oxygen atoms in total. The second kappa shape index (κ2) is 44.8. The fraction of sp³-hybridized carbons (Fsp3) is 0.701. The highest BCUT2D eigenvalue weighted by molar-refractivity contribution is 5.82. The molecule has 2 amide bonds. The van der Waals surface area contributed by atoms with Crippen molar-refractivity contribution >= 4 is 47.6 Å². The minimum absolute atomic E-state index is 0.0494. The van der Waals surface area contributed by atoms with Crippen LogP contribution in [-0.2, 0) is 91.1 Å². The standard InChI is InChI=1S/C32H47NO7.C29H43NO7.C26H39NO6/c1-2-3-5-10-24(40-32(38)15-14-30(35)33-16-6-4-7-17-33)12-13-25-26-18-22-9-8-11-29(39-21-31(36)37)27(22)19-23(26)20-28(25)34;1-4-5-6-9-21(37-29(35)14-13-27(32)30(2)3)11-12-22-23-15-19-8-7-10-26(36-18-28(33)34)24(19)16-20(23)17-25(22)31;1-3-4-5-8-19(33-26(31)16(2)27)10-11-20-21-12-17-7-6-9-24(32-15-25(29)30)22(17)13-18(21)14-23(20)28/h8-9,11,23-26,28,34H,2-7,10,12-21H2,1H3,(H,36,37);7-8,10,20-23,25,31H,4-6,9,11-18H2,1-3H3,(H,33,34);6-7,9,16,18-21,23,28H,3-5,8,10-15,27H2,1-2H3,(H,29,30)/t23-,24-,25+,26-,28+;20-,21-,22+,23-,25+;16?,18-,19-,20+,21-,23+/m000/s1. The van der Waals surface area contributed by atoms with Crippen LogP contribution in [-0.4, -0.2) is 178 Å². The number of nitrogens with zero attached hydrogens (tertiary/aromatic N) is 2. The van der Waals surface area contributed by atoms with Gasteiger partial charge in [-0.2, -0.15) is 0 Å². The van der Waals surface area contributed by atoms with Crippen LogP contribution in [0.3, 0.4) is 0 Å². The van der Waals surface area contributed by atoms with Gasteiger partial charge in [0.1, 0.15) is 41.6 Å². The highest BCUT2D eigenvalue weighted by Crippen LogP contribution is 2.52. The molecule has 110 heavy (non-hydrogen) atoms. The van der Waals surface area contributed by atoms with Gasteiger partial charge in [-0.25, -0.2) is 14.4 Å². The lowest BCUT2D eigenvalue weighted by Crippen LogP contribution is -2.35. The van der Waals surface area contributed by atoms with E-state index in [9.17, 15) is 53.7 Å². The topological polar surface area (TPSA) is 346 Å². The van der Waals surface area contributed by atoms with Crippen LogP contribution >= 0.6 is 0 Å². The third-order valence-electron chi connectivity index (χ3n) is 24.5. The average molecular weight is 1540 g/mol. The molecule has 0 spiro atoms. The Morgan fingerprint density at radius 1 is 0.464 bits per heavy atom. The van der Waals surface area contributed by atoms with Crippen molar-refractivity contribution in [3.63, 3.8) is 0 Å². The van der Waals surface area contributed by atoms with E-state index in [1.807, 2.05) is 41.3 Å². The summed E-state index contributed by atoms with van der Waals surface area (Å²) in [7, 11) is 3.35. The maximum atomic E-state index is 12.7. The normalized spacial score (nSPS) is 24.4. The number of amides is 2. The van der Waals surface area contributed by atoms with E-state index in [1.54, 1.807) is 21.0 Å². The summed E-state index contributed by atoms with van der Waals surface area (Å²) in [6.07, 6.45) is 25.7. The third kappa shape index (κ3) is 26.7. The number of hydrogen-bond donors (Lipinski definition) is 7. The Bertz CT molecular complexity index is 3450. The average Bonchev–Trinajstić information content (AvgIpc) is 1.59. The number of aliphatic carboxylic acids is 3. The van der Waals surface area contributed by atoms with Crippen LogP contribution in [0.5, 0.6) is 17.2 Å². The molecule has 1 aliphatic heterocycles. The number of hydrogen-bond acceptors (Lipinski definition) is 18. The van der Waals surface area contributed by atoms with Crippen molar-refractivity contribution in [1.29, 1.82) is 0 Å². The molecule has 1 saturated heterocycles. The highest BCUT2D eigenvalue weighted by Gasteiger charge is 2.48. The number of unbranched alkanes of at least 4 members (excludes halogenated alkanes) is 6. The molecule has 1 unspecified atom stereocenters. The molecule has 0 aromatic heterocycles. The molecule has 4 fully saturated rings. The number of carbonyl (C=O) groups excluding carboxylic acids is 5. The van der Waals surface area contributed by atoms with Crippen LogP contribution in [0.2, 0.25) is 0 Å². The molecule has 3 aromatic carbocycles. The van der Waals surface area contributed by atoms with Gasteiger partial charge in [-0.05, 0) is 266 Å². The number of piperidine rings is 1. The number of aliphatic hydroxyl groups excluding tert-OH is 3. The number of carboxylic acids is 3. The smallest absolute Gasteiger partial charge is 0.341 e. The Balaban J connectivity index is 0.000000208. The van der Waals surface area contributed by atoms with Gasteiger partial charge in [-0.3, -0.25) is 24.0 Å². The first-order valence-electron chi connectivity index (χ1n) is 41.6. The summed E-state index contributed by atoms with van der Waals surface area (Å²) in [4.78, 5) is 97.9. The number of likely N-dealkylation sites (tertiary alicyclic amines) is 1. The monoisotopic (exact) mass is 1540 g/mol. The first-order chi connectivity index (χ1) is 52.8. The van der Waals surface area contributed by atoms with Gasteiger partial charge in [0.15, 0.2) is 19.8 Å². The van der Waals surface area contributed by atoms with Gasteiger partial charge in [0, 0.05) is 40.0 Å². The SMILES string of the molecule is CCCCC[C@@H](CC[C@@H]1[C@H]2Cc3cccc(OCC(=O)O)c3C[C@H]2C[C@H]1O)OC(=O)C(C)N.CCCCC[C@@H](CC[C@@H]1[C@H]2Cc3cccc(OCC(=O)O)c3C[C@H]2C[C@H]1O)OC(=O)CCC(=O)N(C)C.CCCCC[C@@H](CC[C@@H]1[C@H]2Cc3cccc(OCC(=O)O)c3C[C@H]2C[C@H]1O)OC(=O)CCC(=O)N1CCCCC1. The van der Waals surface area contributed by atoms with Crippen LogP contribution in [0.15, 0.2) is 54.6 Å². The molecule has 6 aliphatic carbocycles. The van der Waals surface area contributed by atoms with E-state index in [1.165, 1.54) is 21.6 Å². The Labute approximate surface area is 651 Å². The Kier molecular flexibility index (Phi) is 35.9. The number of aliphatic hydroxyl groups is 3. The minimum Gasteiger partial charge on any atom is -0.482 e. The zero-order chi connectivity index (χ0) is 79.4. The van der Waals surface area contributed by atoms with Crippen molar-refractivity contribution in [2.45, 2.75) is 289 Å². The Hall–Kier alpha value is -7.34. The first kappa shape index (κ1) is 88.2. The first-order valence-corrected chi connectivity index (χ1v) is 41.6. The number of carboxylic acid groups (broad SMARTS) is 3. The van der Waals surface area contributed by atoms with Gasteiger partial charge in [-0.1, -0.05) is 95.7 Å². The number of fused-ring (bicyclic) bond motifs is 6. The molecule has 8 N–H and O–H groups in total. The van der Waals surface area contributed by atoms with Crippen molar-refractivity contribution in [3.05, 3.63) is 88.0 Å². The molecular weight excluding hydrogens is 1410 g/mol. The minimum atomic E-state index is -0.999. The van der Waals surface area contributed by atoms with E-state index < -0.39 is 36.2 Å². The van der Waals surface area contributed by atoms with Crippen LogP contribution in [0.1, 0.15) is 241 Å².